The number of para-hydroxylation sites is 1. The molecular weight excluding hydrogens is 675 g/mol. The lowest BCUT2D eigenvalue weighted by Gasteiger charge is -2.36. The van der Waals surface area contributed by atoms with Crippen LogP contribution < -0.4 is 4.90 Å². The van der Waals surface area contributed by atoms with Crippen LogP contribution in [0.3, 0.4) is 0 Å². The number of hydrogen-bond acceptors (Lipinski definition) is 1. The summed E-state index contributed by atoms with van der Waals surface area (Å²) in [7, 11) is 0. The minimum absolute atomic E-state index is 0.179. The Morgan fingerprint density at radius 3 is 1.48 bits per heavy atom. The highest BCUT2D eigenvalue weighted by Crippen LogP contribution is 2.66. The molecule has 0 amide bonds. The van der Waals surface area contributed by atoms with E-state index in [1.807, 2.05) is 0 Å². The van der Waals surface area contributed by atoms with Crippen molar-refractivity contribution in [1.29, 1.82) is 0 Å². The predicted octanol–water partition coefficient (Wildman–Crippen LogP) is 14.9. The van der Waals surface area contributed by atoms with Crippen molar-refractivity contribution in [2.24, 2.45) is 11.8 Å². The molecule has 1 nitrogen and oxygen atoms in total. The number of fused-ring (bicyclic) bond motifs is 8. The zero-order valence-electron chi connectivity index (χ0n) is 31.5. The maximum Gasteiger partial charge on any atom is 0.0540 e. The summed E-state index contributed by atoms with van der Waals surface area (Å²) in [6.45, 7) is 0. The second kappa shape index (κ2) is 13.4. The van der Waals surface area contributed by atoms with E-state index in [-0.39, 0.29) is 5.41 Å². The van der Waals surface area contributed by atoms with Crippen LogP contribution >= 0.6 is 0 Å². The van der Waals surface area contributed by atoms with Crippen molar-refractivity contribution >= 4 is 17.1 Å². The van der Waals surface area contributed by atoms with Gasteiger partial charge < -0.3 is 4.90 Å². The van der Waals surface area contributed by atoms with Gasteiger partial charge in [-0.3, -0.25) is 0 Å². The molecule has 3 unspecified atom stereocenters. The van der Waals surface area contributed by atoms with Crippen LogP contribution in [0.1, 0.15) is 36.8 Å². The quantitative estimate of drug-likeness (QED) is 0.159. The van der Waals surface area contributed by atoms with Gasteiger partial charge in [-0.2, -0.15) is 0 Å². The molecule has 2 saturated carbocycles. The third-order valence-electron chi connectivity index (χ3n) is 13.2. The summed E-state index contributed by atoms with van der Waals surface area (Å²) in [6.07, 6.45) is 5.45. The average molecular weight is 718 g/mol. The molecule has 3 atom stereocenters. The Kier molecular flexibility index (Phi) is 7.88. The van der Waals surface area contributed by atoms with Crippen molar-refractivity contribution in [2.75, 3.05) is 4.90 Å². The lowest BCUT2D eigenvalue weighted by atomic mass is 9.66. The summed E-state index contributed by atoms with van der Waals surface area (Å²) in [5, 5.41) is 0. The van der Waals surface area contributed by atoms with Crippen LogP contribution in [0.2, 0.25) is 0 Å². The second-order valence-electron chi connectivity index (χ2n) is 16.1. The summed E-state index contributed by atoms with van der Waals surface area (Å²) in [6, 6.07) is 73.9. The van der Waals surface area contributed by atoms with Crippen LogP contribution in [-0.2, 0) is 5.41 Å². The molecule has 0 radical (unpaired) electrons. The predicted molar refractivity (Wildman–Crippen MR) is 235 cm³/mol. The van der Waals surface area contributed by atoms with Crippen molar-refractivity contribution < 1.29 is 0 Å². The largest absolute Gasteiger partial charge is 0.310 e. The van der Waals surface area contributed by atoms with Gasteiger partial charge in [-0.15, -0.1) is 0 Å². The molecule has 0 aliphatic heterocycles. The highest BCUT2D eigenvalue weighted by molar-refractivity contribution is 5.94. The first-order chi connectivity index (χ1) is 27.7. The van der Waals surface area contributed by atoms with E-state index in [1.165, 1.54) is 81.3 Å². The number of nitrogens with zero attached hydrogens (tertiary/aromatic N) is 1. The van der Waals surface area contributed by atoms with Gasteiger partial charge in [-0.1, -0.05) is 176 Å². The van der Waals surface area contributed by atoms with E-state index in [0.717, 1.165) is 28.9 Å². The summed E-state index contributed by atoms with van der Waals surface area (Å²) in [4.78, 5) is 2.42. The average Bonchev–Trinajstić information content (AvgIpc) is 3.98. The number of anilines is 3. The molecule has 8 aromatic carbocycles. The molecule has 8 aromatic rings. The molecule has 1 heteroatoms. The summed E-state index contributed by atoms with van der Waals surface area (Å²) in [5.74, 6) is 1.62. The summed E-state index contributed by atoms with van der Waals surface area (Å²) >= 11 is 0. The van der Waals surface area contributed by atoms with Crippen LogP contribution in [0.4, 0.5) is 17.1 Å². The Morgan fingerprint density at radius 2 is 0.857 bits per heavy atom. The van der Waals surface area contributed by atoms with Crippen LogP contribution in [-0.4, -0.2) is 0 Å². The first-order valence-electron chi connectivity index (χ1n) is 20.3. The zero-order chi connectivity index (χ0) is 37.1. The van der Waals surface area contributed by atoms with Crippen molar-refractivity contribution in [3.05, 3.63) is 211 Å². The SMILES string of the molecule is c1ccc(-c2ccc(-c3ccc(N(c4ccc(-c5cccc6c5-c5ccccc5C65CC6CCC5C6)cc4)c4ccccc4-c4ccccc4)cc3)cc2)cc1. The van der Waals surface area contributed by atoms with Gasteiger partial charge in [0.15, 0.2) is 0 Å². The van der Waals surface area contributed by atoms with Gasteiger partial charge in [-0.05, 0) is 123 Å². The van der Waals surface area contributed by atoms with E-state index < -0.39 is 0 Å². The molecule has 0 N–H and O–H groups in total. The topological polar surface area (TPSA) is 3.24 Å². The van der Waals surface area contributed by atoms with Crippen LogP contribution in [0.25, 0.3) is 55.6 Å². The van der Waals surface area contributed by atoms with Gasteiger partial charge >= 0.3 is 0 Å². The van der Waals surface area contributed by atoms with Crippen molar-refractivity contribution in [1.82, 2.24) is 0 Å². The Hall–Kier alpha value is -6.44. The van der Waals surface area contributed by atoms with Crippen LogP contribution in [0.15, 0.2) is 200 Å². The molecule has 3 aliphatic rings. The van der Waals surface area contributed by atoms with Crippen LogP contribution in [0.5, 0.6) is 0 Å². The van der Waals surface area contributed by atoms with Crippen molar-refractivity contribution in [3.63, 3.8) is 0 Å². The van der Waals surface area contributed by atoms with E-state index in [0.29, 0.717) is 0 Å². The molecule has 0 aromatic heterocycles. The Morgan fingerprint density at radius 1 is 0.375 bits per heavy atom. The third-order valence-corrected chi connectivity index (χ3v) is 13.2. The minimum Gasteiger partial charge on any atom is -0.310 e. The fourth-order valence-corrected chi connectivity index (χ4v) is 10.7. The highest BCUT2D eigenvalue weighted by Gasteiger charge is 2.56. The highest BCUT2D eigenvalue weighted by atomic mass is 15.1. The summed E-state index contributed by atoms with van der Waals surface area (Å²) < 4.78 is 0. The minimum atomic E-state index is 0.179. The van der Waals surface area contributed by atoms with Crippen molar-refractivity contribution in [3.8, 4) is 55.6 Å². The molecule has 1 spiro atoms. The zero-order valence-corrected chi connectivity index (χ0v) is 31.5. The molecule has 0 saturated heterocycles. The Balaban J connectivity index is 0.991. The Bertz CT molecular complexity index is 2680. The molecule has 2 bridgehead atoms. The number of rotatable bonds is 7. The monoisotopic (exact) mass is 717 g/mol. The van der Waals surface area contributed by atoms with E-state index in [2.05, 4.69) is 205 Å². The molecule has 2 fully saturated rings. The van der Waals surface area contributed by atoms with Gasteiger partial charge in [0.2, 0.25) is 0 Å². The van der Waals surface area contributed by atoms with Gasteiger partial charge in [0.05, 0.1) is 5.69 Å². The van der Waals surface area contributed by atoms with E-state index in [9.17, 15) is 0 Å². The lowest BCUT2D eigenvalue weighted by Crippen LogP contribution is -2.31. The molecule has 268 valence electrons. The van der Waals surface area contributed by atoms with Crippen LogP contribution in [0, 0.1) is 11.8 Å². The normalized spacial score (nSPS) is 18.9. The smallest absolute Gasteiger partial charge is 0.0540 e. The van der Waals surface area contributed by atoms with Gasteiger partial charge in [0.1, 0.15) is 0 Å². The Labute approximate surface area is 330 Å². The van der Waals surface area contributed by atoms with E-state index in [4.69, 9.17) is 0 Å². The third kappa shape index (κ3) is 5.29. The van der Waals surface area contributed by atoms with Gasteiger partial charge in [0, 0.05) is 22.4 Å². The molecule has 3 aliphatic carbocycles. The van der Waals surface area contributed by atoms with Gasteiger partial charge in [-0.25, -0.2) is 0 Å². The molecular formula is C55H43N. The number of hydrogen-bond donors (Lipinski definition) is 0. The fraction of sp³-hybridized carbons (Fsp3) is 0.127. The fourth-order valence-electron chi connectivity index (χ4n) is 10.7. The molecule has 0 heterocycles. The van der Waals surface area contributed by atoms with E-state index >= 15 is 0 Å². The lowest BCUT2D eigenvalue weighted by molar-refractivity contribution is 0.327. The first kappa shape index (κ1) is 32.9. The standard InChI is InChI=1S/C55H43N/c1-3-12-39(13-4-1)40-23-25-41(26-24-40)42-27-32-46(33-28-42)56(53-21-10-8-16-48(53)43-14-5-2-6-15-43)47-34-29-44(30-35-47)49-18-11-20-52-54(49)50-17-7-9-19-51(50)55(52)37-38-22-31-45(55)36-38/h1-21,23-30,32-35,38,45H,22,31,36-37H2. The number of benzene rings is 8. The van der Waals surface area contributed by atoms with Gasteiger partial charge in [0.25, 0.3) is 0 Å². The molecule has 11 rings (SSSR count). The summed E-state index contributed by atoms with van der Waals surface area (Å²) in [5.41, 5.74) is 19.5. The maximum absolute atomic E-state index is 2.46. The maximum atomic E-state index is 2.46. The first-order valence-corrected chi connectivity index (χ1v) is 20.3. The van der Waals surface area contributed by atoms with E-state index in [1.54, 1.807) is 11.1 Å². The van der Waals surface area contributed by atoms with Crippen molar-refractivity contribution in [2.45, 2.75) is 31.1 Å². The molecule has 56 heavy (non-hydrogen) atoms. The second-order valence-corrected chi connectivity index (χ2v) is 16.1.